The molecule has 0 unspecified atom stereocenters. The van der Waals surface area contributed by atoms with Crippen molar-refractivity contribution in [2.24, 2.45) is 0 Å². The maximum atomic E-state index is 2.75. The molecule has 46 heavy (non-hydrogen) atoms. The highest BCUT2D eigenvalue weighted by atomic mass is 15.1. The van der Waals surface area contributed by atoms with Crippen LogP contribution in [0.5, 0.6) is 0 Å². The first kappa shape index (κ1) is 43.0. The van der Waals surface area contributed by atoms with Gasteiger partial charge in [0.25, 0.3) is 0 Å². The van der Waals surface area contributed by atoms with Crippen molar-refractivity contribution < 1.29 is 0 Å². The summed E-state index contributed by atoms with van der Waals surface area (Å²) in [5.41, 5.74) is 3.05. The number of anilines is 1. The van der Waals surface area contributed by atoms with Crippen LogP contribution in [0.4, 0.5) is 5.69 Å². The fraction of sp³-hybridized carbons (Fsp3) is 0.867. The van der Waals surface area contributed by atoms with Gasteiger partial charge in [-0.05, 0) is 30.4 Å². The van der Waals surface area contributed by atoms with Gasteiger partial charge in [-0.25, -0.2) is 0 Å². The molecule has 0 N–H and O–H groups in total. The molecular weight excluding hydrogens is 555 g/mol. The number of benzene rings is 1. The summed E-state index contributed by atoms with van der Waals surface area (Å²) < 4.78 is 0. The van der Waals surface area contributed by atoms with Gasteiger partial charge < -0.3 is 4.90 Å². The summed E-state index contributed by atoms with van der Waals surface area (Å²) in [5.74, 6) is 0.593. The maximum absolute atomic E-state index is 2.75. The van der Waals surface area contributed by atoms with Crippen molar-refractivity contribution in [2.45, 2.75) is 239 Å². The molecule has 270 valence electrons. The average Bonchev–Trinajstić information content (AvgIpc) is 3.06. The van der Waals surface area contributed by atoms with Gasteiger partial charge in [-0.3, -0.25) is 0 Å². The normalized spacial score (nSPS) is 11.6. The van der Waals surface area contributed by atoms with Crippen LogP contribution in [0.1, 0.15) is 245 Å². The maximum Gasteiger partial charge on any atom is 0.0401 e. The van der Waals surface area contributed by atoms with Crippen molar-refractivity contribution in [2.75, 3.05) is 18.0 Å². The quantitative estimate of drug-likeness (QED) is 0.0660. The Morgan fingerprint density at radius 1 is 0.370 bits per heavy atom. The molecule has 1 rings (SSSR count). The molecule has 1 nitrogen and oxygen atoms in total. The van der Waals surface area contributed by atoms with Crippen LogP contribution >= 0.6 is 0 Å². The largest absolute Gasteiger partial charge is 0.371 e. The van der Waals surface area contributed by atoms with Crippen molar-refractivity contribution in [1.82, 2.24) is 0 Å². The third kappa shape index (κ3) is 26.0. The first-order valence-corrected chi connectivity index (χ1v) is 21.5. The number of unbranched alkanes of at least 4 members (excludes halogenated alkanes) is 30. The molecule has 0 saturated heterocycles. The summed E-state index contributed by atoms with van der Waals surface area (Å²) in [6.45, 7) is 11.8. The van der Waals surface area contributed by atoms with Crippen LogP contribution in [0.2, 0.25) is 0 Å². The second-order valence-electron chi connectivity index (χ2n) is 15.3. The SMILES string of the molecule is CCCCCCCCCCCCCCCCCCN(CCCCCCCCCCCCCCCCCC)c1ccccc1C(C)C. The molecule has 0 saturated carbocycles. The average molecular weight is 640 g/mol. The molecule has 0 atom stereocenters. The van der Waals surface area contributed by atoms with E-state index >= 15 is 0 Å². The molecule has 1 aromatic carbocycles. The zero-order chi connectivity index (χ0) is 33.2. The Balaban J connectivity index is 2.13. The molecule has 0 aliphatic rings. The van der Waals surface area contributed by atoms with Crippen molar-refractivity contribution in [3.8, 4) is 0 Å². The molecular formula is C45H85N. The zero-order valence-corrected chi connectivity index (χ0v) is 32.4. The Morgan fingerprint density at radius 2 is 0.630 bits per heavy atom. The van der Waals surface area contributed by atoms with Crippen molar-refractivity contribution >= 4 is 5.69 Å². The van der Waals surface area contributed by atoms with E-state index in [1.54, 1.807) is 0 Å². The van der Waals surface area contributed by atoms with E-state index in [2.05, 4.69) is 56.9 Å². The Morgan fingerprint density at radius 3 is 0.913 bits per heavy atom. The summed E-state index contributed by atoms with van der Waals surface area (Å²) in [7, 11) is 0. The highest BCUT2D eigenvalue weighted by Crippen LogP contribution is 2.28. The third-order valence-electron chi connectivity index (χ3n) is 10.5. The van der Waals surface area contributed by atoms with E-state index in [0.717, 1.165) is 0 Å². The molecule has 0 aliphatic carbocycles. The lowest BCUT2D eigenvalue weighted by atomic mass is 9.99. The molecule has 0 radical (unpaired) electrons. The molecule has 0 aromatic heterocycles. The summed E-state index contributed by atoms with van der Waals surface area (Å²) in [6.07, 6.45) is 46.2. The lowest BCUT2D eigenvalue weighted by Gasteiger charge is -2.28. The lowest BCUT2D eigenvalue weighted by Crippen LogP contribution is -2.27. The summed E-state index contributed by atoms with van der Waals surface area (Å²) in [5, 5.41) is 0. The second kappa shape index (κ2) is 33.9. The van der Waals surface area contributed by atoms with Gasteiger partial charge in [0.1, 0.15) is 0 Å². The fourth-order valence-electron chi connectivity index (χ4n) is 7.32. The molecule has 0 amide bonds. The van der Waals surface area contributed by atoms with Crippen LogP contribution in [0, 0.1) is 0 Å². The van der Waals surface area contributed by atoms with Gasteiger partial charge in [-0.15, -0.1) is 0 Å². The molecule has 0 aliphatic heterocycles. The van der Waals surface area contributed by atoms with E-state index < -0.39 is 0 Å². The predicted molar refractivity (Wildman–Crippen MR) is 212 cm³/mol. The van der Waals surface area contributed by atoms with Gasteiger partial charge in [-0.2, -0.15) is 0 Å². The van der Waals surface area contributed by atoms with Gasteiger partial charge in [0.05, 0.1) is 0 Å². The minimum Gasteiger partial charge on any atom is -0.371 e. The van der Waals surface area contributed by atoms with Gasteiger partial charge >= 0.3 is 0 Å². The number of hydrogen-bond donors (Lipinski definition) is 0. The van der Waals surface area contributed by atoms with Crippen LogP contribution in [0.25, 0.3) is 0 Å². The zero-order valence-electron chi connectivity index (χ0n) is 32.4. The van der Waals surface area contributed by atoms with E-state index in [9.17, 15) is 0 Å². The molecule has 0 heterocycles. The van der Waals surface area contributed by atoms with Gasteiger partial charge in [0.15, 0.2) is 0 Å². The summed E-state index contributed by atoms with van der Waals surface area (Å²) >= 11 is 0. The summed E-state index contributed by atoms with van der Waals surface area (Å²) in [4.78, 5) is 2.75. The van der Waals surface area contributed by atoms with Gasteiger partial charge in [-0.1, -0.05) is 239 Å². The van der Waals surface area contributed by atoms with Crippen LogP contribution in [-0.4, -0.2) is 13.1 Å². The van der Waals surface area contributed by atoms with Crippen LogP contribution in [0.3, 0.4) is 0 Å². The molecule has 0 bridgehead atoms. The highest BCUT2D eigenvalue weighted by Gasteiger charge is 2.13. The Bertz CT molecular complexity index is 687. The standard InChI is InChI=1S/C45H85N/c1-5-7-9-11-13-15-17-19-21-23-25-27-29-31-33-37-41-46(45-40-36-35-39-44(45)43(3)4)42-38-34-32-30-28-26-24-22-20-18-16-14-12-10-8-6-2/h35-36,39-40,43H,5-34,37-38,41-42H2,1-4H3. The van der Waals surface area contributed by atoms with E-state index in [1.807, 2.05) is 0 Å². The van der Waals surface area contributed by atoms with Crippen molar-refractivity contribution in [3.05, 3.63) is 29.8 Å². The number of hydrogen-bond acceptors (Lipinski definition) is 1. The fourth-order valence-corrected chi connectivity index (χ4v) is 7.32. The molecule has 1 aromatic rings. The number of rotatable bonds is 36. The summed E-state index contributed by atoms with van der Waals surface area (Å²) in [6, 6.07) is 9.26. The Hall–Kier alpha value is -0.980. The Labute approximate surface area is 291 Å². The molecule has 0 fully saturated rings. The van der Waals surface area contributed by atoms with Gasteiger partial charge in [0, 0.05) is 18.8 Å². The highest BCUT2D eigenvalue weighted by molar-refractivity contribution is 5.55. The monoisotopic (exact) mass is 640 g/mol. The van der Waals surface area contributed by atoms with Crippen molar-refractivity contribution in [3.63, 3.8) is 0 Å². The minimum absolute atomic E-state index is 0.593. The third-order valence-corrected chi connectivity index (χ3v) is 10.5. The first-order chi connectivity index (χ1) is 22.7. The van der Waals surface area contributed by atoms with Gasteiger partial charge in [0.2, 0.25) is 0 Å². The molecule has 0 spiro atoms. The van der Waals surface area contributed by atoms with Crippen LogP contribution in [-0.2, 0) is 0 Å². The number of para-hydroxylation sites is 1. The van der Waals surface area contributed by atoms with E-state index in [-0.39, 0.29) is 0 Å². The number of nitrogens with zero attached hydrogens (tertiary/aromatic N) is 1. The minimum atomic E-state index is 0.593. The van der Waals surface area contributed by atoms with E-state index in [1.165, 1.54) is 230 Å². The first-order valence-electron chi connectivity index (χ1n) is 21.5. The smallest absolute Gasteiger partial charge is 0.0401 e. The van der Waals surface area contributed by atoms with E-state index in [0.29, 0.717) is 5.92 Å². The molecule has 1 heteroatoms. The Kier molecular flexibility index (Phi) is 31.7. The van der Waals surface area contributed by atoms with Crippen LogP contribution in [0.15, 0.2) is 24.3 Å². The predicted octanol–water partition coefficient (Wildman–Crippen LogP) is 16.1. The second-order valence-corrected chi connectivity index (χ2v) is 15.3. The lowest BCUT2D eigenvalue weighted by molar-refractivity contribution is 0.524. The van der Waals surface area contributed by atoms with Crippen LogP contribution < -0.4 is 4.90 Å². The topological polar surface area (TPSA) is 3.24 Å². The van der Waals surface area contributed by atoms with Crippen molar-refractivity contribution in [1.29, 1.82) is 0 Å². The van der Waals surface area contributed by atoms with E-state index in [4.69, 9.17) is 0 Å².